The van der Waals surface area contributed by atoms with Crippen molar-refractivity contribution >= 4 is 29.0 Å². The van der Waals surface area contributed by atoms with Gasteiger partial charge < -0.3 is 10.2 Å². The van der Waals surface area contributed by atoms with E-state index < -0.39 is 0 Å². The Labute approximate surface area is 145 Å². The summed E-state index contributed by atoms with van der Waals surface area (Å²) in [4.78, 5) is 16.1. The third-order valence-electron chi connectivity index (χ3n) is 4.80. The van der Waals surface area contributed by atoms with E-state index in [1.807, 2.05) is 24.3 Å². The van der Waals surface area contributed by atoms with E-state index in [0.29, 0.717) is 12.0 Å². The van der Waals surface area contributed by atoms with Crippen molar-refractivity contribution in [1.29, 1.82) is 0 Å². The summed E-state index contributed by atoms with van der Waals surface area (Å²) in [6, 6.07) is 12.4. The van der Waals surface area contributed by atoms with Gasteiger partial charge in [-0.3, -0.25) is 4.79 Å². The Hall–Kier alpha value is -1.30. The number of piperidine rings is 3. The van der Waals surface area contributed by atoms with Gasteiger partial charge in [-0.2, -0.15) is 0 Å². The second-order valence-corrected chi connectivity index (χ2v) is 8.60. The lowest BCUT2D eigenvalue weighted by Gasteiger charge is -2.44. The molecule has 0 spiro atoms. The van der Waals surface area contributed by atoms with Gasteiger partial charge in [0.25, 0.3) is 5.91 Å². The Morgan fingerprint density at radius 3 is 2.57 bits per heavy atom. The molecule has 3 nitrogen and oxygen atoms in total. The standard InChI is InChI=1S/C18H20N2OS2/c21-18(19-16-12-20-9-7-13(16)8-10-20)14-3-5-15(6-4-14)23-17-2-1-11-22-17/h1-6,11,13,16H,7-10,12H2,(H,19,21)/t16-/m0/s1. The predicted molar refractivity (Wildman–Crippen MR) is 95.3 cm³/mol. The van der Waals surface area contributed by atoms with Crippen LogP contribution in [0.15, 0.2) is 50.9 Å². The maximum atomic E-state index is 12.5. The average Bonchev–Trinajstić information content (AvgIpc) is 3.09. The van der Waals surface area contributed by atoms with Gasteiger partial charge in [-0.25, -0.2) is 0 Å². The minimum Gasteiger partial charge on any atom is -0.348 e. The molecule has 1 aromatic carbocycles. The molecule has 0 radical (unpaired) electrons. The molecule has 2 bridgehead atoms. The zero-order valence-electron chi connectivity index (χ0n) is 12.9. The van der Waals surface area contributed by atoms with Crippen molar-refractivity contribution < 1.29 is 4.79 Å². The molecule has 3 saturated heterocycles. The number of amides is 1. The van der Waals surface area contributed by atoms with E-state index in [4.69, 9.17) is 0 Å². The molecule has 0 unspecified atom stereocenters. The van der Waals surface area contributed by atoms with E-state index in [1.165, 1.54) is 35.0 Å². The fourth-order valence-electron chi connectivity index (χ4n) is 3.49. The van der Waals surface area contributed by atoms with E-state index in [2.05, 4.69) is 27.7 Å². The molecule has 4 heterocycles. The van der Waals surface area contributed by atoms with Gasteiger partial charge in [0.2, 0.25) is 0 Å². The second kappa shape index (κ2) is 6.67. The van der Waals surface area contributed by atoms with Crippen molar-refractivity contribution in [2.75, 3.05) is 19.6 Å². The second-order valence-electron chi connectivity index (χ2n) is 6.28. The highest BCUT2D eigenvalue weighted by atomic mass is 32.2. The SMILES string of the molecule is O=C(N[C@H]1CN2CCC1CC2)c1ccc(Sc2cccs2)cc1. The van der Waals surface area contributed by atoms with Crippen LogP contribution < -0.4 is 5.32 Å². The minimum absolute atomic E-state index is 0.0661. The highest BCUT2D eigenvalue weighted by Crippen LogP contribution is 2.31. The van der Waals surface area contributed by atoms with Crippen LogP contribution in [0.2, 0.25) is 0 Å². The normalized spacial score (nSPS) is 26.2. The molecule has 120 valence electrons. The zero-order valence-corrected chi connectivity index (χ0v) is 14.5. The maximum absolute atomic E-state index is 12.5. The highest BCUT2D eigenvalue weighted by Gasteiger charge is 2.34. The lowest BCUT2D eigenvalue weighted by atomic mass is 9.84. The van der Waals surface area contributed by atoms with Gasteiger partial charge in [-0.15, -0.1) is 11.3 Å². The highest BCUT2D eigenvalue weighted by molar-refractivity contribution is 8.01. The molecule has 23 heavy (non-hydrogen) atoms. The Morgan fingerprint density at radius 2 is 1.96 bits per heavy atom. The summed E-state index contributed by atoms with van der Waals surface area (Å²) in [5.41, 5.74) is 0.761. The molecule has 1 aromatic heterocycles. The van der Waals surface area contributed by atoms with Crippen LogP contribution in [0.5, 0.6) is 0 Å². The minimum atomic E-state index is 0.0661. The van der Waals surface area contributed by atoms with E-state index >= 15 is 0 Å². The first-order chi connectivity index (χ1) is 11.3. The third kappa shape index (κ3) is 3.47. The molecule has 1 atom stereocenters. The topological polar surface area (TPSA) is 32.3 Å². The molecule has 0 saturated carbocycles. The summed E-state index contributed by atoms with van der Waals surface area (Å²) in [6.07, 6.45) is 2.45. The molecule has 5 rings (SSSR count). The molecule has 1 N–H and O–H groups in total. The Bertz CT molecular complexity index is 661. The third-order valence-corrected chi connectivity index (χ3v) is 6.85. The number of hydrogen-bond acceptors (Lipinski definition) is 4. The number of hydrogen-bond donors (Lipinski definition) is 1. The molecule has 3 aliphatic rings. The monoisotopic (exact) mass is 344 g/mol. The van der Waals surface area contributed by atoms with Crippen LogP contribution >= 0.6 is 23.1 Å². The van der Waals surface area contributed by atoms with Crippen molar-refractivity contribution in [1.82, 2.24) is 10.2 Å². The molecule has 2 aromatic rings. The number of carbonyl (C=O) groups is 1. The average molecular weight is 345 g/mol. The van der Waals surface area contributed by atoms with Crippen molar-refractivity contribution in [2.24, 2.45) is 5.92 Å². The lowest BCUT2D eigenvalue weighted by molar-refractivity contribution is 0.0620. The van der Waals surface area contributed by atoms with Crippen molar-refractivity contribution in [2.45, 2.75) is 28.0 Å². The maximum Gasteiger partial charge on any atom is 0.251 e. The molecule has 3 aliphatic heterocycles. The van der Waals surface area contributed by atoms with Crippen LogP contribution in [0.1, 0.15) is 23.2 Å². The molecule has 5 heteroatoms. The fraction of sp³-hybridized carbons (Fsp3) is 0.389. The fourth-order valence-corrected chi connectivity index (χ4v) is 5.24. The van der Waals surface area contributed by atoms with Crippen molar-refractivity contribution in [3.05, 3.63) is 47.3 Å². The smallest absolute Gasteiger partial charge is 0.251 e. The Balaban J connectivity index is 1.38. The van der Waals surface area contributed by atoms with Crippen LogP contribution in [0.4, 0.5) is 0 Å². The van der Waals surface area contributed by atoms with Crippen LogP contribution in [-0.4, -0.2) is 36.5 Å². The molecule has 1 amide bonds. The van der Waals surface area contributed by atoms with Crippen LogP contribution in [0.25, 0.3) is 0 Å². The summed E-state index contributed by atoms with van der Waals surface area (Å²) in [6.45, 7) is 3.42. The summed E-state index contributed by atoms with van der Waals surface area (Å²) < 4.78 is 1.27. The number of fused-ring (bicyclic) bond motifs is 3. The van der Waals surface area contributed by atoms with Gasteiger partial charge in [0.15, 0.2) is 0 Å². The first kappa shape index (κ1) is 15.2. The number of benzene rings is 1. The van der Waals surface area contributed by atoms with Gasteiger partial charge in [0.1, 0.15) is 0 Å². The Morgan fingerprint density at radius 1 is 1.17 bits per heavy atom. The number of rotatable bonds is 4. The van der Waals surface area contributed by atoms with Gasteiger partial charge in [0.05, 0.1) is 4.21 Å². The van der Waals surface area contributed by atoms with E-state index in [-0.39, 0.29) is 5.91 Å². The number of thiophene rings is 1. The largest absolute Gasteiger partial charge is 0.348 e. The van der Waals surface area contributed by atoms with Crippen molar-refractivity contribution in [3.63, 3.8) is 0 Å². The van der Waals surface area contributed by atoms with Gasteiger partial charge in [0, 0.05) is 23.0 Å². The number of nitrogens with zero attached hydrogens (tertiary/aromatic N) is 1. The van der Waals surface area contributed by atoms with E-state index in [9.17, 15) is 4.79 Å². The summed E-state index contributed by atoms with van der Waals surface area (Å²) in [5, 5.41) is 5.33. The Kier molecular flexibility index (Phi) is 4.42. The van der Waals surface area contributed by atoms with Crippen LogP contribution in [0, 0.1) is 5.92 Å². The number of carbonyl (C=O) groups excluding carboxylic acids is 1. The first-order valence-corrected chi connectivity index (χ1v) is 9.82. The molecular formula is C18H20N2OS2. The lowest BCUT2D eigenvalue weighted by Crippen LogP contribution is -2.57. The van der Waals surface area contributed by atoms with Gasteiger partial charge in [-0.1, -0.05) is 17.8 Å². The van der Waals surface area contributed by atoms with E-state index in [0.717, 1.165) is 12.1 Å². The van der Waals surface area contributed by atoms with Crippen LogP contribution in [0.3, 0.4) is 0 Å². The summed E-state index contributed by atoms with van der Waals surface area (Å²) in [5.74, 6) is 0.731. The summed E-state index contributed by atoms with van der Waals surface area (Å²) in [7, 11) is 0. The first-order valence-electron chi connectivity index (χ1n) is 8.12. The van der Waals surface area contributed by atoms with Crippen LogP contribution in [-0.2, 0) is 0 Å². The zero-order chi connectivity index (χ0) is 15.6. The van der Waals surface area contributed by atoms with Gasteiger partial charge >= 0.3 is 0 Å². The molecule has 3 fully saturated rings. The molecular weight excluding hydrogens is 324 g/mol. The molecule has 0 aliphatic carbocycles. The summed E-state index contributed by atoms with van der Waals surface area (Å²) >= 11 is 3.48. The van der Waals surface area contributed by atoms with Crippen molar-refractivity contribution in [3.8, 4) is 0 Å². The number of nitrogens with one attached hydrogen (secondary N) is 1. The predicted octanol–water partition coefficient (Wildman–Crippen LogP) is 3.72. The van der Waals surface area contributed by atoms with E-state index in [1.54, 1.807) is 23.1 Å². The van der Waals surface area contributed by atoms with Gasteiger partial charge in [-0.05, 0) is 67.6 Å². The quantitative estimate of drug-likeness (QED) is 0.917.